The number of pyridine rings is 2. The fourth-order valence-electron chi connectivity index (χ4n) is 4.13. The van der Waals surface area contributed by atoms with Crippen molar-refractivity contribution in [3.05, 3.63) is 73.2 Å². The predicted octanol–water partition coefficient (Wildman–Crippen LogP) is 4.10. The summed E-state index contributed by atoms with van der Waals surface area (Å²) in [7, 11) is 2.16. The van der Waals surface area contributed by atoms with Gasteiger partial charge in [-0.3, -0.25) is 14.8 Å². The lowest BCUT2D eigenvalue weighted by atomic mass is 10.1. The van der Waals surface area contributed by atoms with E-state index in [0.29, 0.717) is 28.5 Å². The molecule has 4 aromatic rings. The number of anilines is 4. The maximum Gasteiger partial charge on any atom is 0.248 e. The molecule has 0 bridgehead atoms. The van der Waals surface area contributed by atoms with Crippen LogP contribution >= 0.6 is 0 Å². The molecule has 1 aliphatic rings. The third kappa shape index (κ3) is 5.31. The maximum absolute atomic E-state index is 11.9. The van der Waals surface area contributed by atoms with Gasteiger partial charge >= 0.3 is 0 Å². The summed E-state index contributed by atoms with van der Waals surface area (Å²) in [6.07, 6.45) is 8.28. The van der Waals surface area contributed by atoms with Gasteiger partial charge in [0.25, 0.3) is 0 Å². The molecule has 1 amide bonds. The summed E-state index contributed by atoms with van der Waals surface area (Å²) in [5, 5.41) is 6.98. The van der Waals surface area contributed by atoms with Crippen LogP contribution < -0.4 is 15.5 Å². The van der Waals surface area contributed by atoms with Gasteiger partial charge in [0.15, 0.2) is 0 Å². The van der Waals surface area contributed by atoms with Crippen molar-refractivity contribution in [1.82, 2.24) is 24.8 Å². The number of piperazine rings is 1. The van der Waals surface area contributed by atoms with Gasteiger partial charge in [-0.25, -0.2) is 9.97 Å². The molecule has 0 atom stereocenters. The highest BCUT2D eigenvalue weighted by Crippen LogP contribution is 2.27. The number of aromatic nitrogens is 4. The van der Waals surface area contributed by atoms with Crippen molar-refractivity contribution >= 4 is 39.8 Å². The average Bonchev–Trinajstić information content (AvgIpc) is 2.89. The van der Waals surface area contributed by atoms with E-state index in [9.17, 15) is 4.79 Å². The number of fused-ring (bicyclic) bond motifs is 1. The second-order valence-electron chi connectivity index (χ2n) is 8.67. The van der Waals surface area contributed by atoms with E-state index in [1.165, 1.54) is 11.8 Å². The Bertz CT molecular complexity index is 1390. The smallest absolute Gasteiger partial charge is 0.248 e. The molecule has 4 heterocycles. The van der Waals surface area contributed by atoms with E-state index in [1.807, 2.05) is 18.2 Å². The fraction of sp³-hybridized carbons (Fsp3) is 0.222. The zero-order valence-corrected chi connectivity index (χ0v) is 20.3. The summed E-state index contributed by atoms with van der Waals surface area (Å²) >= 11 is 0. The molecule has 2 N–H and O–H groups in total. The van der Waals surface area contributed by atoms with Crippen molar-refractivity contribution in [3.63, 3.8) is 0 Å². The van der Waals surface area contributed by atoms with Gasteiger partial charge in [-0.15, -0.1) is 0 Å². The quantitative estimate of drug-likeness (QED) is 0.398. The van der Waals surface area contributed by atoms with Crippen LogP contribution in [0.2, 0.25) is 0 Å². The molecule has 0 spiro atoms. The van der Waals surface area contributed by atoms with Crippen molar-refractivity contribution in [2.75, 3.05) is 48.8 Å². The second kappa shape index (κ2) is 10.5. The summed E-state index contributed by atoms with van der Waals surface area (Å²) in [6, 6.07) is 13.7. The molecule has 3 aromatic heterocycles. The highest BCUT2D eigenvalue weighted by molar-refractivity contribution is 5.99. The van der Waals surface area contributed by atoms with Gasteiger partial charge in [0.2, 0.25) is 11.9 Å². The number of carbonyl (C=O) groups excluding carboxylic acids is 1. The highest BCUT2D eigenvalue weighted by atomic mass is 16.1. The van der Waals surface area contributed by atoms with Crippen LogP contribution in [0.5, 0.6) is 0 Å². The molecule has 182 valence electrons. The number of benzene rings is 1. The molecule has 1 saturated heterocycles. The molecular weight excluding hydrogens is 452 g/mol. The SMILES string of the molecule is CC=CC(=O)Nc1ccnc(-c2nccc3cnc(Nc4ccc(N5CCN(C)CC5)cc4)nc23)c1. The Morgan fingerprint density at radius 3 is 2.50 bits per heavy atom. The Morgan fingerprint density at radius 2 is 1.72 bits per heavy atom. The molecule has 0 aliphatic carbocycles. The lowest BCUT2D eigenvalue weighted by molar-refractivity contribution is -0.111. The van der Waals surface area contributed by atoms with E-state index >= 15 is 0 Å². The van der Waals surface area contributed by atoms with Crippen LogP contribution in [0.1, 0.15) is 6.92 Å². The first kappa shape index (κ1) is 23.4. The van der Waals surface area contributed by atoms with Gasteiger partial charge in [0, 0.05) is 67.2 Å². The predicted molar refractivity (Wildman–Crippen MR) is 143 cm³/mol. The molecular formula is C27H28N8O. The highest BCUT2D eigenvalue weighted by Gasteiger charge is 2.15. The Morgan fingerprint density at radius 1 is 0.944 bits per heavy atom. The van der Waals surface area contributed by atoms with Crippen LogP contribution in [-0.4, -0.2) is 64.0 Å². The zero-order chi connectivity index (χ0) is 24.9. The summed E-state index contributed by atoms with van der Waals surface area (Å²) in [5.74, 6) is 0.273. The Labute approximate surface area is 209 Å². The molecule has 0 saturated carbocycles. The van der Waals surface area contributed by atoms with Crippen molar-refractivity contribution < 1.29 is 4.79 Å². The third-order valence-electron chi connectivity index (χ3n) is 6.08. The number of amides is 1. The first-order valence-corrected chi connectivity index (χ1v) is 11.9. The molecule has 0 radical (unpaired) electrons. The monoisotopic (exact) mass is 480 g/mol. The maximum atomic E-state index is 11.9. The van der Waals surface area contributed by atoms with E-state index in [-0.39, 0.29) is 5.91 Å². The molecule has 36 heavy (non-hydrogen) atoms. The number of allylic oxidation sites excluding steroid dienone is 1. The lowest BCUT2D eigenvalue weighted by Crippen LogP contribution is -2.44. The third-order valence-corrected chi connectivity index (χ3v) is 6.08. The lowest BCUT2D eigenvalue weighted by Gasteiger charge is -2.34. The van der Waals surface area contributed by atoms with Gasteiger partial charge in [-0.1, -0.05) is 6.08 Å². The molecule has 1 aromatic carbocycles. The normalized spacial score (nSPS) is 14.3. The minimum Gasteiger partial charge on any atom is -0.369 e. The van der Waals surface area contributed by atoms with Gasteiger partial charge in [0.1, 0.15) is 11.2 Å². The topological polar surface area (TPSA) is 99.2 Å². The van der Waals surface area contributed by atoms with Crippen LogP contribution in [0.25, 0.3) is 22.3 Å². The van der Waals surface area contributed by atoms with E-state index in [2.05, 4.69) is 54.6 Å². The van der Waals surface area contributed by atoms with Gasteiger partial charge < -0.3 is 20.4 Å². The first-order chi connectivity index (χ1) is 17.6. The van der Waals surface area contributed by atoms with E-state index in [4.69, 9.17) is 4.98 Å². The Balaban J connectivity index is 1.38. The number of likely N-dealkylation sites (N-methyl/N-ethyl adjacent to an activating group) is 1. The molecule has 9 heteroatoms. The summed E-state index contributed by atoms with van der Waals surface area (Å²) < 4.78 is 0. The molecule has 5 rings (SSSR count). The van der Waals surface area contributed by atoms with Crippen LogP contribution in [0.15, 0.2) is 73.2 Å². The average molecular weight is 481 g/mol. The van der Waals surface area contributed by atoms with Crippen molar-refractivity contribution in [2.24, 2.45) is 0 Å². The molecule has 1 aliphatic heterocycles. The van der Waals surface area contributed by atoms with Gasteiger partial charge in [-0.2, -0.15) is 0 Å². The van der Waals surface area contributed by atoms with Crippen LogP contribution in [-0.2, 0) is 4.79 Å². The standard InChI is InChI=1S/C27H28N8O/c1-3-4-24(36)31-21-10-12-28-23(17-21)26-25-19(9-11-29-26)18-30-27(33-25)32-20-5-7-22(8-6-20)35-15-13-34(2)14-16-35/h3-12,17-18H,13-16H2,1-2H3,(H,28,31,36)(H,30,32,33). The largest absolute Gasteiger partial charge is 0.369 e. The van der Waals surface area contributed by atoms with Crippen molar-refractivity contribution in [1.29, 1.82) is 0 Å². The molecule has 1 fully saturated rings. The number of hydrogen-bond acceptors (Lipinski definition) is 8. The van der Waals surface area contributed by atoms with Crippen LogP contribution in [0.3, 0.4) is 0 Å². The summed E-state index contributed by atoms with van der Waals surface area (Å²) in [4.78, 5) is 34.9. The number of rotatable bonds is 6. The second-order valence-corrected chi connectivity index (χ2v) is 8.67. The van der Waals surface area contributed by atoms with Gasteiger partial charge in [-0.05, 0) is 62.5 Å². The van der Waals surface area contributed by atoms with Crippen molar-refractivity contribution in [3.8, 4) is 11.4 Å². The minimum atomic E-state index is -0.201. The minimum absolute atomic E-state index is 0.201. The van der Waals surface area contributed by atoms with Crippen molar-refractivity contribution in [2.45, 2.75) is 6.92 Å². The summed E-state index contributed by atoms with van der Waals surface area (Å²) in [5.41, 5.74) is 4.66. The Kier molecular flexibility index (Phi) is 6.81. The van der Waals surface area contributed by atoms with E-state index < -0.39 is 0 Å². The number of nitrogens with one attached hydrogen (secondary N) is 2. The fourth-order valence-corrected chi connectivity index (χ4v) is 4.13. The van der Waals surface area contributed by atoms with E-state index in [1.54, 1.807) is 43.7 Å². The van der Waals surface area contributed by atoms with Crippen LogP contribution in [0.4, 0.5) is 23.0 Å². The number of hydrogen-bond donors (Lipinski definition) is 2. The first-order valence-electron chi connectivity index (χ1n) is 11.9. The van der Waals surface area contributed by atoms with E-state index in [0.717, 1.165) is 37.3 Å². The number of carbonyl (C=O) groups is 1. The Hall–Kier alpha value is -4.37. The van der Waals surface area contributed by atoms with Gasteiger partial charge in [0.05, 0.1) is 5.69 Å². The molecule has 9 nitrogen and oxygen atoms in total. The molecule has 0 unspecified atom stereocenters. The number of nitrogens with zero attached hydrogens (tertiary/aromatic N) is 6. The van der Waals surface area contributed by atoms with Crippen LogP contribution in [0, 0.1) is 0 Å². The summed E-state index contributed by atoms with van der Waals surface area (Å²) in [6.45, 7) is 6.00. The zero-order valence-electron chi connectivity index (χ0n) is 20.3.